The lowest BCUT2D eigenvalue weighted by Gasteiger charge is -2.32. The maximum atomic E-state index is 12.9. The van der Waals surface area contributed by atoms with E-state index in [1.165, 1.54) is 24.0 Å². The molecule has 1 unspecified atom stereocenters. The topological polar surface area (TPSA) is 53.4 Å². The molecular formula is C23H31N5O. The van der Waals surface area contributed by atoms with Gasteiger partial charge in [0.05, 0.1) is 5.69 Å². The van der Waals surface area contributed by atoms with Gasteiger partial charge in [-0.1, -0.05) is 12.1 Å². The summed E-state index contributed by atoms with van der Waals surface area (Å²) in [6.45, 7) is 5.95. The van der Waals surface area contributed by atoms with E-state index in [9.17, 15) is 4.79 Å². The van der Waals surface area contributed by atoms with Crippen LogP contribution in [-0.2, 0) is 20.1 Å². The summed E-state index contributed by atoms with van der Waals surface area (Å²) >= 11 is 0. The standard InChI is InChI=1S/C23H31N5O/c1-26-10-8-20(25-26)16-27-11-6-17(7-12-27)18-4-5-22-19(13-18)15-28(23(22)29)21-3-2-9-24-14-21/h4-5,8,10,13,17,21,24H,2-3,6-7,9,11-12,14-16H2,1H3. The molecule has 0 saturated carbocycles. The molecule has 154 valence electrons. The van der Waals surface area contributed by atoms with Gasteiger partial charge in [0.1, 0.15) is 0 Å². The number of benzene rings is 1. The molecule has 0 spiro atoms. The third-order valence-electron chi connectivity index (χ3n) is 6.89. The molecule has 0 aliphatic carbocycles. The van der Waals surface area contributed by atoms with Gasteiger partial charge in [0.15, 0.2) is 0 Å². The number of hydrogen-bond donors (Lipinski definition) is 1. The van der Waals surface area contributed by atoms with Crippen LogP contribution in [0, 0.1) is 0 Å². The first-order chi connectivity index (χ1) is 14.2. The fourth-order valence-corrected chi connectivity index (χ4v) is 5.21. The van der Waals surface area contributed by atoms with Crippen LogP contribution in [-0.4, -0.2) is 57.7 Å². The number of likely N-dealkylation sites (tertiary alicyclic amines) is 1. The highest BCUT2D eigenvalue weighted by Crippen LogP contribution is 2.33. The monoisotopic (exact) mass is 393 g/mol. The number of fused-ring (bicyclic) bond motifs is 1. The highest BCUT2D eigenvalue weighted by Gasteiger charge is 2.34. The Balaban J connectivity index is 1.22. The van der Waals surface area contributed by atoms with Crippen LogP contribution >= 0.6 is 0 Å². The van der Waals surface area contributed by atoms with E-state index in [0.717, 1.165) is 63.4 Å². The van der Waals surface area contributed by atoms with E-state index >= 15 is 0 Å². The number of rotatable bonds is 4. The number of nitrogens with zero attached hydrogens (tertiary/aromatic N) is 4. The van der Waals surface area contributed by atoms with Gasteiger partial charge in [0, 0.05) is 44.5 Å². The van der Waals surface area contributed by atoms with Crippen molar-refractivity contribution in [2.24, 2.45) is 7.05 Å². The third kappa shape index (κ3) is 3.83. The van der Waals surface area contributed by atoms with Crippen molar-refractivity contribution in [3.63, 3.8) is 0 Å². The van der Waals surface area contributed by atoms with E-state index in [1.807, 2.05) is 17.9 Å². The van der Waals surface area contributed by atoms with Crippen molar-refractivity contribution in [3.05, 3.63) is 52.8 Å². The molecular weight excluding hydrogens is 362 g/mol. The van der Waals surface area contributed by atoms with Crippen LogP contribution in [0.15, 0.2) is 30.5 Å². The van der Waals surface area contributed by atoms with Gasteiger partial charge in [0.25, 0.3) is 5.91 Å². The van der Waals surface area contributed by atoms with Crippen molar-refractivity contribution in [1.29, 1.82) is 0 Å². The summed E-state index contributed by atoms with van der Waals surface area (Å²) in [5.74, 6) is 0.825. The van der Waals surface area contributed by atoms with Crippen molar-refractivity contribution in [2.75, 3.05) is 26.2 Å². The smallest absolute Gasteiger partial charge is 0.254 e. The number of piperidine rings is 2. The molecule has 5 rings (SSSR count). The molecule has 2 aromatic rings. The number of amides is 1. The molecule has 3 aliphatic rings. The van der Waals surface area contributed by atoms with E-state index < -0.39 is 0 Å². The van der Waals surface area contributed by atoms with Gasteiger partial charge in [-0.2, -0.15) is 5.10 Å². The molecule has 4 heterocycles. The Morgan fingerprint density at radius 1 is 1.17 bits per heavy atom. The number of aromatic nitrogens is 2. The molecule has 0 bridgehead atoms. The second kappa shape index (κ2) is 7.92. The first kappa shape index (κ1) is 18.8. The highest BCUT2D eigenvalue weighted by atomic mass is 16.2. The first-order valence-electron chi connectivity index (χ1n) is 11.0. The van der Waals surface area contributed by atoms with E-state index in [2.05, 4.69) is 44.5 Å². The zero-order chi connectivity index (χ0) is 19.8. The van der Waals surface area contributed by atoms with Gasteiger partial charge in [-0.3, -0.25) is 14.4 Å². The lowest BCUT2D eigenvalue weighted by Crippen LogP contribution is -2.46. The molecule has 1 aromatic heterocycles. The number of aryl methyl sites for hydroxylation is 1. The lowest BCUT2D eigenvalue weighted by molar-refractivity contribution is 0.0674. The predicted molar refractivity (Wildman–Crippen MR) is 113 cm³/mol. The van der Waals surface area contributed by atoms with Gasteiger partial charge in [-0.05, 0) is 74.5 Å². The van der Waals surface area contributed by atoms with Crippen LogP contribution in [0.25, 0.3) is 0 Å². The van der Waals surface area contributed by atoms with E-state index in [1.54, 1.807) is 0 Å². The van der Waals surface area contributed by atoms with Gasteiger partial charge in [0.2, 0.25) is 0 Å². The molecule has 2 fully saturated rings. The summed E-state index contributed by atoms with van der Waals surface area (Å²) in [4.78, 5) is 17.5. The van der Waals surface area contributed by atoms with Crippen LogP contribution in [0.2, 0.25) is 0 Å². The summed E-state index contributed by atoms with van der Waals surface area (Å²) in [5, 5.41) is 7.95. The first-order valence-corrected chi connectivity index (χ1v) is 11.0. The Labute approximate surface area is 172 Å². The zero-order valence-electron chi connectivity index (χ0n) is 17.3. The summed E-state index contributed by atoms with van der Waals surface area (Å²) in [5.41, 5.74) is 4.72. The maximum absolute atomic E-state index is 12.9. The van der Waals surface area contributed by atoms with Gasteiger partial charge < -0.3 is 10.2 Å². The number of nitrogens with one attached hydrogen (secondary N) is 1. The average Bonchev–Trinajstić information content (AvgIpc) is 3.31. The lowest BCUT2D eigenvalue weighted by atomic mass is 9.88. The van der Waals surface area contributed by atoms with Crippen molar-refractivity contribution in [3.8, 4) is 0 Å². The van der Waals surface area contributed by atoms with Gasteiger partial charge >= 0.3 is 0 Å². The van der Waals surface area contributed by atoms with Gasteiger partial charge in [-0.25, -0.2) is 0 Å². The van der Waals surface area contributed by atoms with Gasteiger partial charge in [-0.15, -0.1) is 0 Å². The van der Waals surface area contributed by atoms with Crippen LogP contribution < -0.4 is 5.32 Å². The SMILES string of the molecule is Cn1ccc(CN2CCC(c3ccc4c(c3)CN(C3CCCNC3)C4=O)CC2)n1. The minimum atomic E-state index is 0.227. The maximum Gasteiger partial charge on any atom is 0.254 e. The Morgan fingerprint density at radius 3 is 2.76 bits per heavy atom. The quantitative estimate of drug-likeness (QED) is 0.867. The molecule has 6 nitrogen and oxygen atoms in total. The van der Waals surface area contributed by atoms with Crippen molar-refractivity contribution in [1.82, 2.24) is 24.9 Å². The average molecular weight is 394 g/mol. The highest BCUT2D eigenvalue weighted by molar-refractivity contribution is 5.98. The van der Waals surface area contributed by atoms with Crippen LogP contribution in [0.1, 0.15) is 58.8 Å². The van der Waals surface area contributed by atoms with Crippen LogP contribution in [0.3, 0.4) is 0 Å². The molecule has 2 saturated heterocycles. The van der Waals surface area contributed by atoms with Crippen molar-refractivity contribution >= 4 is 5.91 Å². The Bertz CT molecular complexity index is 877. The second-order valence-electron chi connectivity index (χ2n) is 8.88. The van der Waals surface area contributed by atoms with Crippen molar-refractivity contribution in [2.45, 2.75) is 50.7 Å². The summed E-state index contributed by atoms with van der Waals surface area (Å²) in [7, 11) is 1.97. The number of carbonyl (C=O) groups is 1. The predicted octanol–water partition coefficient (Wildman–Crippen LogP) is 2.51. The Kier molecular flexibility index (Phi) is 5.14. The third-order valence-corrected chi connectivity index (χ3v) is 6.89. The van der Waals surface area contributed by atoms with Crippen LogP contribution in [0.5, 0.6) is 0 Å². The van der Waals surface area contributed by atoms with E-state index in [4.69, 9.17) is 0 Å². The molecule has 1 atom stereocenters. The second-order valence-corrected chi connectivity index (χ2v) is 8.88. The molecule has 29 heavy (non-hydrogen) atoms. The van der Waals surface area contributed by atoms with E-state index in [-0.39, 0.29) is 5.91 Å². The fourth-order valence-electron chi connectivity index (χ4n) is 5.21. The Hall–Kier alpha value is -2.18. The minimum Gasteiger partial charge on any atom is -0.330 e. The molecule has 1 aromatic carbocycles. The van der Waals surface area contributed by atoms with Crippen LogP contribution in [0.4, 0.5) is 0 Å². The van der Waals surface area contributed by atoms with E-state index in [0.29, 0.717) is 12.0 Å². The summed E-state index contributed by atoms with van der Waals surface area (Å²) in [6.07, 6.45) is 6.65. The zero-order valence-corrected chi connectivity index (χ0v) is 17.3. The molecule has 1 N–H and O–H groups in total. The molecule has 0 radical (unpaired) electrons. The molecule has 3 aliphatic heterocycles. The largest absolute Gasteiger partial charge is 0.330 e. The Morgan fingerprint density at radius 2 is 2.03 bits per heavy atom. The summed E-state index contributed by atoms with van der Waals surface area (Å²) in [6, 6.07) is 9.07. The normalized spacial score (nSPS) is 23.6. The van der Waals surface area contributed by atoms with Crippen molar-refractivity contribution < 1.29 is 4.79 Å². The number of carbonyl (C=O) groups excluding carboxylic acids is 1. The molecule has 1 amide bonds. The number of hydrogen-bond acceptors (Lipinski definition) is 4. The minimum absolute atomic E-state index is 0.227. The fraction of sp³-hybridized carbons (Fsp3) is 0.565. The summed E-state index contributed by atoms with van der Waals surface area (Å²) < 4.78 is 1.88. The molecule has 6 heteroatoms.